The maximum atomic E-state index is 12.2. The quantitative estimate of drug-likeness (QED) is 0.684. The van der Waals surface area contributed by atoms with Crippen LogP contribution in [-0.2, 0) is 4.74 Å². The number of rotatable bonds is 3. The zero-order valence-electron chi connectivity index (χ0n) is 11.4. The SMILES string of the molecule is COC(=O)c1c(-c2ccccc2)cccc1-c1ncco1. The maximum Gasteiger partial charge on any atom is 0.339 e. The molecule has 3 rings (SSSR count). The molecule has 0 saturated carbocycles. The summed E-state index contributed by atoms with van der Waals surface area (Å²) in [5, 5.41) is 0. The van der Waals surface area contributed by atoms with Gasteiger partial charge in [0.05, 0.1) is 24.4 Å². The van der Waals surface area contributed by atoms with Gasteiger partial charge in [-0.2, -0.15) is 0 Å². The van der Waals surface area contributed by atoms with Gasteiger partial charge in [0, 0.05) is 0 Å². The van der Waals surface area contributed by atoms with E-state index in [1.54, 1.807) is 12.3 Å². The third-order valence-corrected chi connectivity index (χ3v) is 3.20. The summed E-state index contributed by atoms with van der Waals surface area (Å²) in [6.07, 6.45) is 3.02. The Balaban J connectivity index is 2.26. The number of hydrogen-bond donors (Lipinski definition) is 0. The van der Waals surface area contributed by atoms with Crippen molar-refractivity contribution in [2.45, 2.75) is 0 Å². The van der Waals surface area contributed by atoms with Crippen molar-refractivity contribution in [1.82, 2.24) is 4.98 Å². The number of carbonyl (C=O) groups excluding carboxylic acids is 1. The van der Waals surface area contributed by atoms with Gasteiger partial charge >= 0.3 is 5.97 Å². The summed E-state index contributed by atoms with van der Waals surface area (Å²) in [4.78, 5) is 16.4. The molecule has 3 aromatic rings. The molecule has 0 atom stereocenters. The summed E-state index contributed by atoms with van der Waals surface area (Å²) in [6.45, 7) is 0. The van der Waals surface area contributed by atoms with E-state index < -0.39 is 5.97 Å². The highest BCUT2D eigenvalue weighted by molar-refractivity contribution is 6.03. The highest BCUT2D eigenvalue weighted by atomic mass is 16.5. The van der Waals surface area contributed by atoms with Crippen LogP contribution in [0.25, 0.3) is 22.6 Å². The summed E-state index contributed by atoms with van der Waals surface area (Å²) in [6, 6.07) is 15.2. The van der Waals surface area contributed by atoms with Gasteiger partial charge in [-0.1, -0.05) is 42.5 Å². The van der Waals surface area contributed by atoms with E-state index in [0.29, 0.717) is 17.0 Å². The maximum absolute atomic E-state index is 12.2. The summed E-state index contributed by atoms with van der Waals surface area (Å²) >= 11 is 0. The first-order valence-corrected chi connectivity index (χ1v) is 6.48. The number of nitrogens with zero attached hydrogens (tertiary/aromatic N) is 1. The Hall–Kier alpha value is -2.88. The molecule has 0 aliphatic rings. The van der Waals surface area contributed by atoms with Crippen molar-refractivity contribution in [2.75, 3.05) is 7.11 Å². The number of carbonyl (C=O) groups is 1. The third-order valence-electron chi connectivity index (χ3n) is 3.20. The van der Waals surface area contributed by atoms with Crippen LogP contribution >= 0.6 is 0 Å². The molecule has 0 N–H and O–H groups in total. The van der Waals surface area contributed by atoms with Gasteiger partial charge < -0.3 is 9.15 Å². The van der Waals surface area contributed by atoms with Gasteiger partial charge in [0.25, 0.3) is 0 Å². The lowest BCUT2D eigenvalue weighted by molar-refractivity contribution is 0.0602. The number of hydrogen-bond acceptors (Lipinski definition) is 4. The molecule has 0 spiro atoms. The number of ether oxygens (including phenoxy) is 1. The van der Waals surface area contributed by atoms with E-state index in [9.17, 15) is 4.79 Å². The van der Waals surface area contributed by atoms with Crippen molar-refractivity contribution in [2.24, 2.45) is 0 Å². The molecule has 1 heterocycles. The monoisotopic (exact) mass is 279 g/mol. The van der Waals surface area contributed by atoms with Crippen molar-refractivity contribution < 1.29 is 13.9 Å². The van der Waals surface area contributed by atoms with E-state index >= 15 is 0 Å². The molecule has 4 heteroatoms. The Morgan fingerprint density at radius 3 is 2.48 bits per heavy atom. The topological polar surface area (TPSA) is 52.3 Å². The van der Waals surface area contributed by atoms with Crippen LogP contribution < -0.4 is 0 Å². The fourth-order valence-electron chi connectivity index (χ4n) is 2.27. The molecule has 2 aromatic carbocycles. The average Bonchev–Trinajstić information content (AvgIpc) is 3.08. The fraction of sp³-hybridized carbons (Fsp3) is 0.0588. The summed E-state index contributed by atoms with van der Waals surface area (Å²) in [5.74, 6) is -0.0177. The molecule has 0 fully saturated rings. The van der Waals surface area contributed by atoms with Gasteiger partial charge in [0.15, 0.2) is 0 Å². The van der Waals surface area contributed by atoms with Gasteiger partial charge in [0.2, 0.25) is 5.89 Å². The zero-order valence-corrected chi connectivity index (χ0v) is 11.4. The molecule has 104 valence electrons. The second-order valence-electron chi connectivity index (χ2n) is 4.42. The lowest BCUT2D eigenvalue weighted by Crippen LogP contribution is -2.06. The molecule has 0 unspecified atom stereocenters. The van der Waals surface area contributed by atoms with Crippen molar-refractivity contribution in [3.63, 3.8) is 0 Å². The number of esters is 1. The molecule has 21 heavy (non-hydrogen) atoms. The predicted octanol–water partition coefficient (Wildman–Crippen LogP) is 3.80. The molecule has 0 saturated heterocycles. The third kappa shape index (κ3) is 2.43. The lowest BCUT2D eigenvalue weighted by atomic mass is 9.95. The Morgan fingerprint density at radius 2 is 1.81 bits per heavy atom. The van der Waals surface area contributed by atoms with Crippen molar-refractivity contribution in [3.8, 4) is 22.6 Å². The van der Waals surface area contributed by atoms with E-state index in [4.69, 9.17) is 9.15 Å². The van der Waals surface area contributed by atoms with Crippen LogP contribution in [0, 0.1) is 0 Å². The molecular weight excluding hydrogens is 266 g/mol. The van der Waals surface area contributed by atoms with Gasteiger partial charge in [-0.25, -0.2) is 9.78 Å². The zero-order chi connectivity index (χ0) is 14.7. The van der Waals surface area contributed by atoms with Crippen LogP contribution in [0.15, 0.2) is 65.4 Å². The number of benzene rings is 2. The second kappa shape index (κ2) is 5.63. The Bertz CT molecular complexity index is 749. The largest absolute Gasteiger partial charge is 0.465 e. The van der Waals surface area contributed by atoms with Crippen LogP contribution in [-0.4, -0.2) is 18.1 Å². The normalized spacial score (nSPS) is 10.3. The minimum Gasteiger partial charge on any atom is -0.465 e. The van der Waals surface area contributed by atoms with Crippen LogP contribution in [0.1, 0.15) is 10.4 Å². The molecule has 4 nitrogen and oxygen atoms in total. The van der Waals surface area contributed by atoms with Gasteiger partial charge in [-0.05, 0) is 17.2 Å². The van der Waals surface area contributed by atoms with Crippen molar-refractivity contribution in [3.05, 3.63) is 66.6 Å². The second-order valence-corrected chi connectivity index (χ2v) is 4.42. The first-order valence-electron chi connectivity index (χ1n) is 6.48. The van der Waals surface area contributed by atoms with Crippen LogP contribution in [0.5, 0.6) is 0 Å². The van der Waals surface area contributed by atoms with Crippen molar-refractivity contribution >= 4 is 5.97 Å². The first kappa shape index (κ1) is 13.1. The van der Waals surface area contributed by atoms with E-state index in [-0.39, 0.29) is 0 Å². The van der Waals surface area contributed by atoms with Crippen LogP contribution in [0.2, 0.25) is 0 Å². The smallest absolute Gasteiger partial charge is 0.339 e. The highest BCUT2D eigenvalue weighted by Crippen LogP contribution is 2.32. The minimum absolute atomic E-state index is 0.396. The first-order chi connectivity index (χ1) is 10.3. The Morgan fingerprint density at radius 1 is 1.05 bits per heavy atom. The van der Waals surface area contributed by atoms with Gasteiger partial charge in [-0.3, -0.25) is 0 Å². The van der Waals surface area contributed by atoms with E-state index in [2.05, 4.69) is 4.98 Å². The van der Waals surface area contributed by atoms with Crippen LogP contribution in [0.3, 0.4) is 0 Å². The van der Waals surface area contributed by atoms with E-state index in [1.165, 1.54) is 13.4 Å². The standard InChI is InChI=1S/C17H13NO3/c1-20-17(19)15-13(12-6-3-2-4-7-12)8-5-9-14(15)16-18-10-11-21-16/h2-11H,1H3. The molecule has 1 aromatic heterocycles. The molecule has 0 bridgehead atoms. The lowest BCUT2D eigenvalue weighted by Gasteiger charge is -2.11. The predicted molar refractivity (Wildman–Crippen MR) is 78.7 cm³/mol. The van der Waals surface area contributed by atoms with Gasteiger partial charge in [-0.15, -0.1) is 0 Å². The average molecular weight is 279 g/mol. The summed E-state index contributed by atoms with van der Waals surface area (Å²) in [7, 11) is 1.36. The Labute approximate surface area is 122 Å². The van der Waals surface area contributed by atoms with Crippen molar-refractivity contribution in [1.29, 1.82) is 0 Å². The molecule has 0 radical (unpaired) electrons. The summed E-state index contributed by atoms with van der Waals surface area (Å²) < 4.78 is 10.3. The molecular formula is C17H13NO3. The van der Waals surface area contributed by atoms with Crippen LogP contribution in [0.4, 0.5) is 0 Å². The molecule has 0 amide bonds. The van der Waals surface area contributed by atoms with Gasteiger partial charge in [0.1, 0.15) is 6.26 Å². The number of methoxy groups -OCH3 is 1. The molecule has 0 aliphatic heterocycles. The van der Waals surface area contributed by atoms with E-state index in [1.807, 2.05) is 42.5 Å². The highest BCUT2D eigenvalue weighted by Gasteiger charge is 2.21. The Kier molecular flexibility index (Phi) is 3.51. The number of oxazole rings is 1. The minimum atomic E-state index is -0.414. The fourth-order valence-corrected chi connectivity index (χ4v) is 2.27. The number of aromatic nitrogens is 1. The summed E-state index contributed by atoms with van der Waals surface area (Å²) in [5.41, 5.74) is 2.80. The molecule has 0 aliphatic carbocycles. The van der Waals surface area contributed by atoms with E-state index in [0.717, 1.165) is 11.1 Å².